The SMILES string of the molecule is O=C(O)c1ccc2cn(CCCCN3CCCC3)cc2c1. The molecule has 1 saturated heterocycles. The summed E-state index contributed by atoms with van der Waals surface area (Å²) in [5.41, 5.74) is 0.356. The summed E-state index contributed by atoms with van der Waals surface area (Å²) in [6.45, 7) is 4.76. The monoisotopic (exact) mass is 286 g/mol. The van der Waals surface area contributed by atoms with Crippen LogP contribution in [0.1, 0.15) is 36.0 Å². The zero-order chi connectivity index (χ0) is 14.7. The van der Waals surface area contributed by atoms with Crippen LogP contribution < -0.4 is 0 Å². The molecule has 1 aliphatic heterocycles. The Morgan fingerprint density at radius 1 is 1.05 bits per heavy atom. The third-order valence-electron chi connectivity index (χ3n) is 4.28. The summed E-state index contributed by atoms with van der Waals surface area (Å²) in [5.74, 6) is -0.865. The molecule has 3 rings (SSSR count). The number of benzene rings is 1. The minimum atomic E-state index is -0.865. The zero-order valence-electron chi connectivity index (χ0n) is 12.3. The van der Waals surface area contributed by atoms with Crippen LogP contribution in [0.5, 0.6) is 0 Å². The van der Waals surface area contributed by atoms with Crippen LogP contribution in [0.25, 0.3) is 10.8 Å². The van der Waals surface area contributed by atoms with E-state index in [-0.39, 0.29) is 0 Å². The first-order valence-corrected chi connectivity index (χ1v) is 7.77. The Morgan fingerprint density at radius 3 is 2.52 bits per heavy atom. The fourth-order valence-electron chi connectivity index (χ4n) is 3.10. The quantitative estimate of drug-likeness (QED) is 0.829. The van der Waals surface area contributed by atoms with Crippen LogP contribution in [-0.4, -0.2) is 40.2 Å². The van der Waals surface area contributed by atoms with E-state index in [0.717, 1.165) is 17.3 Å². The van der Waals surface area contributed by atoms with E-state index in [1.807, 2.05) is 6.07 Å². The minimum Gasteiger partial charge on any atom is -0.478 e. The van der Waals surface area contributed by atoms with E-state index in [1.165, 1.54) is 45.3 Å². The largest absolute Gasteiger partial charge is 0.478 e. The van der Waals surface area contributed by atoms with Gasteiger partial charge in [0.2, 0.25) is 0 Å². The number of carbonyl (C=O) groups is 1. The number of fused-ring (bicyclic) bond motifs is 1. The van der Waals surface area contributed by atoms with Gasteiger partial charge in [0, 0.05) is 24.3 Å². The molecule has 0 bridgehead atoms. The Morgan fingerprint density at radius 2 is 1.76 bits per heavy atom. The molecule has 2 heterocycles. The van der Waals surface area contributed by atoms with Crippen molar-refractivity contribution >= 4 is 16.7 Å². The topological polar surface area (TPSA) is 45.5 Å². The van der Waals surface area contributed by atoms with Gasteiger partial charge in [-0.1, -0.05) is 6.07 Å². The number of aryl methyl sites for hydroxylation is 1. The highest BCUT2D eigenvalue weighted by molar-refractivity contribution is 5.94. The van der Waals surface area contributed by atoms with Crippen LogP contribution >= 0.6 is 0 Å². The second-order valence-electron chi connectivity index (χ2n) is 5.90. The molecule has 1 aromatic heterocycles. The van der Waals surface area contributed by atoms with Crippen LogP contribution in [0.15, 0.2) is 30.6 Å². The number of likely N-dealkylation sites (tertiary alicyclic amines) is 1. The number of aromatic carboxylic acids is 1. The molecule has 0 aliphatic carbocycles. The Bertz CT molecular complexity index is 627. The number of carboxylic acids is 1. The lowest BCUT2D eigenvalue weighted by atomic mass is 10.1. The summed E-state index contributed by atoms with van der Waals surface area (Å²) in [4.78, 5) is 13.5. The van der Waals surface area contributed by atoms with Gasteiger partial charge in [-0.15, -0.1) is 0 Å². The highest BCUT2D eigenvalue weighted by Crippen LogP contribution is 2.18. The highest BCUT2D eigenvalue weighted by atomic mass is 16.4. The van der Waals surface area contributed by atoms with E-state index in [9.17, 15) is 4.79 Å². The molecule has 1 aromatic carbocycles. The summed E-state index contributed by atoms with van der Waals surface area (Å²) >= 11 is 0. The van der Waals surface area contributed by atoms with Crippen molar-refractivity contribution in [3.63, 3.8) is 0 Å². The molecule has 1 aliphatic rings. The van der Waals surface area contributed by atoms with Gasteiger partial charge in [-0.3, -0.25) is 0 Å². The normalized spacial score (nSPS) is 15.8. The van der Waals surface area contributed by atoms with Gasteiger partial charge in [-0.2, -0.15) is 0 Å². The van der Waals surface area contributed by atoms with Gasteiger partial charge in [-0.05, 0) is 62.8 Å². The van der Waals surface area contributed by atoms with E-state index >= 15 is 0 Å². The number of aromatic nitrogens is 1. The molecule has 1 fully saturated rings. The molecule has 0 atom stereocenters. The molecule has 2 aromatic rings. The first kappa shape index (κ1) is 14.1. The fraction of sp³-hybridized carbons (Fsp3) is 0.471. The zero-order valence-corrected chi connectivity index (χ0v) is 12.3. The summed E-state index contributed by atoms with van der Waals surface area (Å²) in [6, 6.07) is 5.31. The van der Waals surface area contributed by atoms with Gasteiger partial charge in [0.15, 0.2) is 0 Å². The number of hydrogen-bond acceptors (Lipinski definition) is 2. The van der Waals surface area contributed by atoms with Crippen LogP contribution in [-0.2, 0) is 6.54 Å². The molecule has 0 spiro atoms. The number of unbranched alkanes of at least 4 members (excludes halogenated alkanes) is 1. The van der Waals surface area contributed by atoms with Crippen molar-refractivity contribution in [3.8, 4) is 0 Å². The van der Waals surface area contributed by atoms with E-state index < -0.39 is 5.97 Å². The molecule has 4 nitrogen and oxygen atoms in total. The van der Waals surface area contributed by atoms with E-state index in [4.69, 9.17) is 5.11 Å². The van der Waals surface area contributed by atoms with Crippen molar-refractivity contribution in [2.24, 2.45) is 0 Å². The van der Waals surface area contributed by atoms with Crippen molar-refractivity contribution < 1.29 is 9.90 Å². The molecule has 21 heavy (non-hydrogen) atoms. The number of hydrogen-bond donors (Lipinski definition) is 1. The van der Waals surface area contributed by atoms with Gasteiger partial charge in [0.1, 0.15) is 0 Å². The summed E-state index contributed by atoms with van der Waals surface area (Å²) < 4.78 is 2.18. The van der Waals surface area contributed by atoms with Crippen molar-refractivity contribution in [2.75, 3.05) is 19.6 Å². The maximum Gasteiger partial charge on any atom is 0.335 e. The Labute approximate surface area is 125 Å². The number of nitrogens with zero attached hydrogens (tertiary/aromatic N) is 2. The molecule has 1 N–H and O–H groups in total. The molecule has 0 unspecified atom stereocenters. The van der Waals surface area contributed by atoms with Gasteiger partial charge < -0.3 is 14.6 Å². The van der Waals surface area contributed by atoms with E-state index in [2.05, 4.69) is 21.9 Å². The maximum atomic E-state index is 11.0. The third kappa shape index (κ3) is 3.45. The first-order chi connectivity index (χ1) is 10.2. The van der Waals surface area contributed by atoms with Crippen LogP contribution in [0.3, 0.4) is 0 Å². The maximum absolute atomic E-state index is 11.0. The standard InChI is InChI=1S/C17H22N2O2/c20-17(21)14-5-6-15-12-19(13-16(15)11-14)10-4-3-9-18-7-1-2-8-18/h5-6,11-13H,1-4,7-10H2,(H,20,21). The van der Waals surface area contributed by atoms with Crippen molar-refractivity contribution in [3.05, 3.63) is 36.2 Å². The summed E-state index contributed by atoms with van der Waals surface area (Å²) in [7, 11) is 0. The van der Waals surface area contributed by atoms with Crippen molar-refractivity contribution in [1.29, 1.82) is 0 Å². The lowest BCUT2D eigenvalue weighted by Gasteiger charge is -2.13. The van der Waals surface area contributed by atoms with Gasteiger partial charge in [0.05, 0.1) is 5.56 Å². The molecule has 0 amide bonds. The number of rotatable bonds is 6. The van der Waals surface area contributed by atoms with Crippen LogP contribution in [0.2, 0.25) is 0 Å². The van der Waals surface area contributed by atoms with Crippen molar-refractivity contribution in [1.82, 2.24) is 9.47 Å². The first-order valence-electron chi connectivity index (χ1n) is 7.77. The lowest BCUT2D eigenvalue weighted by Crippen LogP contribution is -2.20. The Kier molecular flexibility index (Phi) is 4.25. The fourth-order valence-corrected chi connectivity index (χ4v) is 3.10. The van der Waals surface area contributed by atoms with Gasteiger partial charge >= 0.3 is 5.97 Å². The molecular weight excluding hydrogens is 264 g/mol. The van der Waals surface area contributed by atoms with Crippen molar-refractivity contribution in [2.45, 2.75) is 32.2 Å². The predicted molar refractivity (Wildman–Crippen MR) is 83.8 cm³/mol. The second-order valence-corrected chi connectivity index (χ2v) is 5.90. The minimum absolute atomic E-state index is 0.356. The molecule has 0 saturated carbocycles. The van der Waals surface area contributed by atoms with Crippen LogP contribution in [0.4, 0.5) is 0 Å². The van der Waals surface area contributed by atoms with E-state index in [0.29, 0.717) is 5.56 Å². The second kappa shape index (κ2) is 6.31. The Hall–Kier alpha value is -1.81. The Balaban J connectivity index is 1.55. The smallest absolute Gasteiger partial charge is 0.335 e. The third-order valence-corrected chi connectivity index (χ3v) is 4.28. The average molecular weight is 286 g/mol. The average Bonchev–Trinajstić information content (AvgIpc) is 3.11. The van der Waals surface area contributed by atoms with E-state index in [1.54, 1.807) is 12.1 Å². The van der Waals surface area contributed by atoms with Crippen LogP contribution in [0, 0.1) is 0 Å². The summed E-state index contributed by atoms with van der Waals surface area (Å²) in [6.07, 6.45) is 9.27. The van der Waals surface area contributed by atoms with Gasteiger partial charge in [0.25, 0.3) is 0 Å². The molecule has 112 valence electrons. The summed E-state index contributed by atoms with van der Waals surface area (Å²) in [5, 5.41) is 11.1. The molecule has 4 heteroatoms. The highest BCUT2D eigenvalue weighted by Gasteiger charge is 2.10. The molecular formula is C17H22N2O2. The van der Waals surface area contributed by atoms with Gasteiger partial charge in [-0.25, -0.2) is 4.79 Å². The predicted octanol–water partition coefficient (Wildman–Crippen LogP) is 3.22. The lowest BCUT2D eigenvalue weighted by molar-refractivity contribution is 0.0697. The number of carboxylic acid groups (broad SMARTS) is 1. The molecule has 0 radical (unpaired) electrons.